The molecule has 1 aromatic carbocycles. The summed E-state index contributed by atoms with van der Waals surface area (Å²) >= 11 is 6.19. The Morgan fingerprint density at radius 2 is 1.89 bits per heavy atom. The number of furan rings is 1. The SMILES string of the molecule is Cc1ccoc1C(O)c1cc2c(cc1Cl)OCCO2. The highest BCUT2D eigenvalue weighted by molar-refractivity contribution is 6.31. The summed E-state index contributed by atoms with van der Waals surface area (Å²) in [5.74, 6) is 1.68. The van der Waals surface area contributed by atoms with Gasteiger partial charge in [0.15, 0.2) is 11.5 Å². The summed E-state index contributed by atoms with van der Waals surface area (Å²) in [6.07, 6.45) is 0.623. The quantitative estimate of drug-likeness (QED) is 0.918. The zero-order valence-electron chi connectivity index (χ0n) is 10.4. The van der Waals surface area contributed by atoms with Crippen LogP contribution in [0.3, 0.4) is 0 Å². The monoisotopic (exact) mass is 280 g/mol. The number of aliphatic hydroxyl groups is 1. The van der Waals surface area contributed by atoms with Gasteiger partial charge in [0, 0.05) is 11.6 Å². The third-order valence-electron chi connectivity index (χ3n) is 3.11. The van der Waals surface area contributed by atoms with E-state index in [9.17, 15) is 5.11 Å². The van der Waals surface area contributed by atoms with Crippen LogP contribution < -0.4 is 9.47 Å². The number of ether oxygens (including phenoxy) is 2. The third-order valence-corrected chi connectivity index (χ3v) is 3.43. The van der Waals surface area contributed by atoms with Crippen molar-refractivity contribution in [3.8, 4) is 11.5 Å². The van der Waals surface area contributed by atoms with Crippen LogP contribution >= 0.6 is 11.6 Å². The van der Waals surface area contributed by atoms with E-state index in [1.54, 1.807) is 24.5 Å². The topological polar surface area (TPSA) is 51.8 Å². The van der Waals surface area contributed by atoms with Crippen LogP contribution in [0.1, 0.15) is 23.0 Å². The van der Waals surface area contributed by atoms with Gasteiger partial charge in [0.1, 0.15) is 25.1 Å². The first-order valence-corrected chi connectivity index (χ1v) is 6.35. The van der Waals surface area contributed by atoms with E-state index in [1.807, 2.05) is 6.92 Å². The Morgan fingerprint density at radius 1 is 1.21 bits per heavy atom. The second-order valence-electron chi connectivity index (χ2n) is 4.39. The van der Waals surface area contributed by atoms with Gasteiger partial charge < -0.3 is 19.0 Å². The van der Waals surface area contributed by atoms with Crippen LogP contribution in [0.25, 0.3) is 0 Å². The summed E-state index contributed by atoms with van der Waals surface area (Å²) in [5.41, 5.74) is 1.42. The first kappa shape index (κ1) is 12.4. The average Bonchev–Trinajstić information content (AvgIpc) is 2.83. The summed E-state index contributed by atoms with van der Waals surface area (Å²) in [6, 6.07) is 5.15. The Morgan fingerprint density at radius 3 is 2.53 bits per heavy atom. The number of fused-ring (bicyclic) bond motifs is 1. The molecule has 3 rings (SSSR count). The van der Waals surface area contributed by atoms with Gasteiger partial charge in [-0.25, -0.2) is 0 Å². The lowest BCUT2D eigenvalue weighted by Gasteiger charge is -2.21. The maximum absolute atomic E-state index is 10.4. The lowest BCUT2D eigenvalue weighted by molar-refractivity contribution is 0.167. The first-order chi connectivity index (χ1) is 9.16. The van der Waals surface area contributed by atoms with Crippen LogP contribution in [0.15, 0.2) is 28.9 Å². The highest BCUT2D eigenvalue weighted by atomic mass is 35.5. The Bertz CT molecular complexity index is 605. The van der Waals surface area contributed by atoms with Gasteiger partial charge in [-0.1, -0.05) is 11.6 Å². The van der Waals surface area contributed by atoms with Crippen LogP contribution in [-0.4, -0.2) is 18.3 Å². The summed E-state index contributed by atoms with van der Waals surface area (Å²) in [5, 5.41) is 10.8. The molecular weight excluding hydrogens is 268 g/mol. The minimum Gasteiger partial charge on any atom is -0.486 e. The molecular formula is C14H13ClO4. The van der Waals surface area contributed by atoms with Gasteiger partial charge in [0.05, 0.1) is 11.3 Å². The van der Waals surface area contributed by atoms with E-state index in [4.69, 9.17) is 25.5 Å². The van der Waals surface area contributed by atoms with Gasteiger partial charge in [-0.05, 0) is 24.6 Å². The minimum atomic E-state index is -0.918. The van der Waals surface area contributed by atoms with Gasteiger partial charge in [-0.3, -0.25) is 0 Å². The fraction of sp³-hybridized carbons (Fsp3) is 0.286. The molecule has 19 heavy (non-hydrogen) atoms. The van der Waals surface area contributed by atoms with E-state index in [0.717, 1.165) is 5.56 Å². The highest BCUT2D eigenvalue weighted by Gasteiger charge is 2.23. The number of halogens is 1. The molecule has 1 N–H and O–H groups in total. The molecule has 0 fully saturated rings. The van der Waals surface area contributed by atoms with Crippen LogP contribution in [0, 0.1) is 6.92 Å². The summed E-state index contributed by atoms with van der Waals surface area (Å²) in [4.78, 5) is 0. The molecule has 0 amide bonds. The minimum absolute atomic E-state index is 0.424. The summed E-state index contributed by atoms with van der Waals surface area (Å²) in [7, 11) is 0. The van der Waals surface area contributed by atoms with Crippen molar-refractivity contribution in [1.82, 2.24) is 0 Å². The van der Waals surface area contributed by atoms with Crippen molar-refractivity contribution in [2.45, 2.75) is 13.0 Å². The lowest BCUT2D eigenvalue weighted by Crippen LogP contribution is -2.16. The molecule has 0 aliphatic carbocycles. The standard InChI is InChI=1S/C14H13ClO4/c1-8-2-3-19-14(8)13(16)9-6-11-12(7-10(9)15)18-5-4-17-11/h2-3,6-7,13,16H,4-5H2,1H3. The van der Waals surface area contributed by atoms with Crippen molar-refractivity contribution < 1.29 is 19.0 Å². The molecule has 5 heteroatoms. The van der Waals surface area contributed by atoms with Crippen molar-refractivity contribution in [2.24, 2.45) is 0 Å². The Hall–Kier alpha value is -1.65. The molecule has 4 nitrogen and oxygen atoms in total. The molecule has 0 saturated heterocycles. The molecule has 2 heterocycles. The fourth-order valence-corrected chi connectivity index (χ4v) is 2.35. The number of hydrogen-bond donors (Lipinski definition) is 1. The predicted octanol–water partition coefficient (Wildman–Crippen LogP) is 3.09. The van der Waals surface area contributed by atoms with E-state index < -0.39 is 6.10 Å². The van der Waals surface area contributed by atoms with Crippen LogP contribution in [0.2, 0.25) is 5.02 Å². The van der Waals surface area contributed by atoms with Gasteiger partial charge >= 0.3 is 0 Å². The largest absolute Gasteiger partial charge is 0.486 e. The van der Waals surface area contributed by atoms with Gasteiger partial charge in [0.25, 0.3) is 0 Å². The molecule has 1 atom stereocenters. The van der Waals surface area contributed by atoms with Crippen LogP contribution in [0.5, 0.6) is 11.5 Å². The lowest BCUT2D eigenvalue weighted by atomic mass is 10.0. The Kier molecular flexibility index (Phi) is 3.12. The number of hydrogen-bond acceptors (Lipinski definition) is 4. The fourth-order valence-electron chi connectivity index (χ4n) is 2.10. The highest BCUT2D eigenvalue weighted by Crippen LogP contribution is 2.39. The van der Waals surface area contributed by atoms with E-state index in [-0.39, 0.29) is 0 Å². The number of aliphatic hydroxyl groups excluding tert-OH is 1. The molecule has 0 radical (unpaired) electrons. The van der Waals surface area contributed by atoms with E-state index in [2.05, 4.69) is 0 Å². The predicted molar refractivity (Wildman–Crippen MR) is 69.9 cm³/mol. The Balaban J connectivity index is 2.03. The van der Waals surface area contributed by atoms with E-state index in [1.165, 1.54) is 0 Å². The molecule has 1 aliphatic heterocycles. The summed E-state index contributed by atoms with van der Waals surface area (Å²) < 4.78 is 16.2. The van der Waals surface area contributed by atoms with Crippen molar-refractivity contribution >= 4 is 11.6 Å². The van der Waals surface area contributed by atoms with Crippen LogP contribution in [-0.2, 0) is 0 Å². The van der Waals surface area contributed by atoms with Gasteiger partial charge in [0.2, 0.25) is 0 Å². The van der Waals surface area contributed by atoms with Crippen LogP contribution in [0.4, 0.5) is 0 Å². The van der Waals surface area contributed by atoms with Crippen molar-refractivity contribution in [3.63, 3.8) is 0 Å². The van der Waals surface area contributed by atoms with Crippen molar-refractivity contribution in [3.05, 3.63) is 46.4 Å². The first-order valence-electron chi connectivity index (χ1n) is 5.98. The average molecular weight is 281 g/mol. The number of aryl methyl sites for hydroxylation is 1. The van der Waals surface area contributed by atoms with Gasteiger partial charge in [-0.15, -0.1) is 0 Å². The van der Waals surface area contributed by atoms with Gasteiger partial charge in [-0.2, -0.15) is 0 Å². The molecule has 0 bridgehead atoms. The maximum atomic E-state index is 10.4. The maximum Gasteiger partial charge on any atom is 0.162 e. The normalized spacial score (nSPS) is 15.3. The van der Waals surface area contributed by atoms with E-state index >= 15 is 0 Å². The molecule has 1 aromatic heterocycles. The molecule has 2 aromatic rings. The third kappa shape index (κ3) is 2.17. The zero-order valence-corrected chi connectivity index (χ0v) is 11.1. The molecule has 1 unspecified atom stereocenters. The second kappa shape index (κ2) is 4.79. The second-order valence-corrected chi connectivity index (χ2v) is 4.79. The molecule has 1 aliphatic rings. The number of benzene rings is 1. The zero-order chi connectivity index (χ0) is 13.4. The van der Waals surface area contributed by atoms with Crippen molar-refractivity contribution in [2.75, 3.05) is 13.2 Å². The molecule has 100 valence electrons. The molecule has 0 saturated carbocycles. The number of rotatable bonds is 2. The Labute approximate surface area is 115 Å². The summed E-state index contributed by atoms with van der Waals surface area (Å²) in [6.45, 7) is 2.86. The van der Waals surface area contributed by atoms with E-state index in [0.29, 0.717) is 41.1 Å². The smallest absolute Gasteiger partial charge is 0.162 e. The van der Waals surface area contributed by atoms with Crippen molar-refractivity contribution in [1.29, 1.82) is 0 Å². The molecule has 0 spiro atoms.